The van der Waals surface area contributed by atoms with Crippen LogP contribution in [-0.4, -0.2) is 79.1 Å². The first-order valence-electron chi connectivity index (χ1n) is 16.0. The van der Waals surface area contributed by atoms with E-state index in [-0.39, 0.29) is 23.2 Å². The monoisotopic (exact) mass is 718 g/mol. The molecular formula is C34H41ClF6N4O2S. The van der Waals surface area contributed by atoms with E-state index in [1.165, 1.54) is 18.2 Å². The summed E-state index contributed by atoms with van der Waals surface area (Å²) in [5, 5.41) is 0.393. The minimum Gasteiger partial charge on any atom is -0.493 e. The Bertz CT molecular complexity index is 1610. The summed E-state index contributed by atoms with van der Waals surface area (Å²) in [5.74, 6) is 0.119. The summed E-state index contributed by atoms with van der Waals surface area (Å²) in [7, 11) is -9.84. The molecule has 0 spiro atoms. The second-order valence-corrected chi connectivity index (χ2v) is 15.3. The Labute approximate surface area is 282 Å². The van der Waals surface area contributed by atoms with E-state index in [0.29, 0.717) is 118 Å². The van der Waals surface area contributed by atoms with Crippen LogP contribution in [-0.2, 0) is 17.8 Å². The van der Waals surface area contributed by atoms with Crippen molar-refractivity contribution in [1.29, 1.82) is 0 Å². The van der Waals surface area contributed by atoms with E-state index in [4.69, 9.17) is 22.1 Å². The number of ether oxygens (including phenoxy) is 1. The van der Waals surface area contributed by atoms with Gasteiger partial charge in [-0.15, -0.1) is 0 Å². The summed E-state index contributed by atoms with van der Waals surface area (Å²) < 4.78 is 87.6. The predicted molar refractivity (Wildman–Crippen MR) is 179 cm³/mol. The van der Waals surface area contributed by atoms with Crippen LogP contribution in [0.3, 0.4) is 0 Å². The molecule has 0 saturated carbocycles. The number of rotatable bonds is 11. The quantitative estimate of drug-likeness (QED) is 0.203. The van der Waals surface area contributed by atoms with E-state index in [9.17, 15) is 28.6 Å². The zero-order chi connectivity index (χ0) is 34.8. The first kappa shape index (κ1) is 36.3. The van der Waals surface area contributed by atoms with Gasteiger partial charge in [0.2, 0.25) is 5.91 Å². The van der Waals surface area contributed by atoms with Crippen LogP contribution in [0.2, 0.25) is 5.02 Å². The number of nitrogens with zero attached hydrogens (tertiary/aromatic N) is 3. The van der Waals surface area contributed by atoms with Crippen molar-refractivity contribution in [2.45, 2.75) is 43.7 Å². The van der Waals surface area contributed by atoms with Crippen LogP contribution in [0.4, 0.5) is 23.8 Å². The van der Waals surface area contributed by atoms with Gasteiger partial charge >= 0.3 is 10.2 Å². The van der Waals surface area contributed by atoms with E-state index in [1.807, 2.05) is 6.92 Å². The van der Waals surface area contributed by atoms with E-state index in [0.717, 1.165) is 6.07 Å². The van der Waals surface area contributed by atoms with Gasteiger partial charge in [0.15, 0.2) is 0 Å². The Morgan fingerprint density at radius 3 is 2.29 bits per heavy atom. The fourth-order valence-corrected chi connectivity index (χ4v) is 7.39. The number of likely N-dealkylation sites (tertiary alicyclic amines) is 1. The zero-order valence-electron chi connectivity index (χ0n) is 26.7. The maximum Gasteiger partial charge on any atom is 0.310 e. The fraction of sp³-hybridized carbons (Fsp3) is 0.441. The van der Waals surface area contributed by atoms with Gasteiger partial charge in [-0.1, -0.05) is 55.3 Å². The molecule has 48 heavy (non-hydrogen) atoms. The summed E-state index contributed by atoms with van der Waals surface area (Å²) in [5.41, 5.74) is 8.11. The second kappa shape index (κ2) is 13.7. The third kappa shape index (κ3) is 8.97. The number of nitrogens with two attached hydrogens (primary N) is 1. The average molecular weight is 719 g/mol. The first-order valence-corrected chi connectivity index (χ1v) is 18.4. The molecule has 1 amide bonds. The SMILES string of the molecule is CCOc1cccc(F)c1CN1CCN(C(=O)[C@H](N)C2CCN(CCc3cc(Cl)ccc3-c3cccc(S(F)(F)(F)(F)F)c3)CC2)CC1. The number of piperidine rings is 1. The van der Waals surface area contributed by atoms with Gasteiger partial charge in [0.1, 0.15) is 16.5 Å². The minimum absolute atomic E-state index is 0.00429. The van der Waals surface area contributed by atoms with E-state index < -0.39 is 21.2 Å². The number of piperazine rings is 1. The van der Waals surface area contributed by atoms with E-state index in [2.05, 4.69) is 9.80 Å². The standard InChI is InChI=1S/C34H41ClF6N4O2S/c1-2-47-32-8-4-7-31(36)30(32)23-44-17-19-45(20-18-44)34(46)33(42)24-11-14-43(15-12-24)16-13-26-21-27(35)9-10-29(26)25-5-3-6-28(22-25)48(37,38,39,40)41/h3-10,21-22,24,33H,2,11-20,23,42H2,1H3/t33-/m1/s1. The smallest absolute Gasteiger partial charge is 0.310 e. The van der Waals surface area contributed by atoms with Crippen LogP contribution >= 0.6 is 21.8 Å². The minimum atomic E-state index is -9.84. The fourth-order valence-electron chi connectivity index (χ4n) is 6.51. The summed E-state index contributed by atoms with van der Waals surface area (Å²) in [6.45, 7) is 6.79. The third-order valence-electron chi connectivity index (χ3n) is 9.22. The molecule has 5 rings (SSSR count). The first-order chi connectivity index (χ1) is 22.5. The molecule has 2 aliphatic heterocycles. The van der Waals surface area contributed by atoms with Crippen LogP contribution < -0.4 is 10.5 Å². The Kier molecular flexibility index (Phi) is 10.4. The molecule has 0 bridgehead atoms. The number of carbonyl (C=O) groups excluding carboxylic acids is 1. The average Bonchev–Trinajstić information content (AvgIpc) is 3.04. The van der Waals surface area contributed by atoms with E-state index in [1.54, 1.807) is 29.2 Å². The number of carbonyl (C=O) groups is 1. The summed E-state index contributed by atoms with van der Waals surface area (Å²) >= 11 is 6.21. The molecule has 0 unspecified atom stereocenters. The van der Waals surface area contributed by atoms with Gasteiger partial charge in [-0.2, -0.15) is 0 Å². The Morgan fingerprint density at radius 1 is 0.938 bits per heavy atom. The molecule has 0 radical (unpaired) electrons. The van der Waals surface area contributed by atoms with Crippen LogP contribution in [0.25, 0.3) is 11.1 Å². The number of benzene rings is 3. The molecule has 0 aromatic heterocycles. The molecule has 264 valence electrons. The van der Waals surface area contributed by atoms with Gasteiger partial charge in [0.25, 0.3) is 0 Å². The van der Waals surface area contributed by atoms with Crippen molar-refractivity contribution >= 4 is 27.7 Å². The van der Waals surface area contributed by atoms with Crippen molar-refractivity contribution < 1.29 is 33.4 Å². The second-order valence-electron chi connectivity index (χ2n) is 12.5. The number of hydrogen-bond donors (Lipinski definition) is 1. The molecule has 0 aliphatic carbocycles. The van der Waals surface area contributed by atoms with Crippen molar-refractivity contribution in [3.8, 4) is 16.9 Å². The molecule has 2 heterocycles. The van der Waals surface area contributed by atoms with Crippen molar-refractivity contribution in [2.24, 2.45) is 11.7 Å². The van der Waals surface area contributed by atoms with Crippen molar-refractivity contribution in [3.63, 3.8) is 0 Å². The lowest BCUT2D eigenvalue weighted by Gasteiger charge is -2.40. The Balaban J connectivity index is 1.13. The molecule has 2 aliphatic rings. The van der Waals surface area contributed by atoms with Gasteiger partial charge in [0.05, 0.1) is 12.6 Å². The molecule has 3 aromatic carbocycles. The highest BCUT2D eigenvalue weighted by Gasteiger charge is 2.65. The van der Waals surface area contributed by atoms with E-state index >= 15 is 0 Å². The van der Waals surface area contributed by atoms with Crippen molar-refractivity contribution in [2.75, 3.05) is 52.4 Å². The maximum absolute atomic E-state index is 14.5. The maximum atomic E-state index is 14.5. The normalized spacial score (nSPS) is 19.1. The number of halogens is 7. The van der Waals surface area contributed by atoms with Crippen molar-refractivity contribution in [1.82, 2.24) is 14.7 Å². The van der Waals surface area contributed by atoms with Crippen LogP contribution in [0, 0.1) is 11.7 Å². The van der Waals surface area contributed by atoms with Gasteiger partial charge in [-0.3, -0.25) is 9.69 Å². The third-order valence-corrected chi connectivity index (χ3v) is 10.6. The molecular weight excluding hydrogens is 678 g/mol. The lowest BCUT2D eigenvalue weighted by atomic mass is 9.88. The molecule has 3 aromatic rings. The van der Waals surface area contributed by atoms with Gasteiger partial charge in [0, 0.05) is 49.9 Å². The van der Waals surface area contributed by atoms with Crippen LogP contribution in [0.15, 0.2) is 65.6 Å². The number of amides is 1. The highest BCUT2D eigenvalue weighted by molar-refractivity contribution is 8.45. The molecule has 2 N–H and O–H groups in total. The van der Waals surface area contributed by atoms with Gasteiger partial charge in [-0.05, 0) is 98.3 Å². The predicted octanol–water partition coefficient (Wildman–Crippen LogP) is 8.13. The molecule has 6 nitrogen and oxygen atoms in total. The van der Waals surface area contributed by atoms with Crippen molar-refractivity contribution in [3.05, 3.63) is 82.6 Å². The highest BCUT2D eigenvalue weighted by atomic mass is 35.5. The summed E-state index contributed by atoms with van der Waals surface area (Å²) in [4.78, 5) is 17.5. The summed E-state index contributed by atoms with van der Waals surface area (Å²) in [6, 6.07) is 12.2. The molecule has 2 saturated heterocycles. The van der Waals surface area contributed by atoms with Gasteiger partial charge in [-0.25, -0.2) is 4.39 Å². The topological polar surface area (TPSA) is 62.0 Å². The zero-order valence-corrected chi connectivity index (χ0v) is 28.3. The molecule has 1 atom stereocenters. The Morgan fingerprint density at radius 2 is 1.62 bits per heavy atom. The van der Waals surface area contributed by atoms with Crippen LogP contribution in [0.5, 0.6) is 5.75 Å². The molecule has 14 heteroatoms. The molecule has 2 fully saturated rings. The summed E-state index contributed by atoms with van der Waals surface area (Å²) in [6.07, 6.45) is 1.85. The lowest BCUT2D eigenvalue weighted by molar-refractivity contribution is -0.136. The number of hydrogen-bond acceptors (Lipinski definition) is 5. The Hall–Kier alpha value is -2.97. The largest absolute Gasteiger partial charge is 0.493 e. The van der Waals surface area contributed by atoms with Gasteiger partial charge < -0.3 is 20.3 Å². The highest BCUT2D eigenvalue weighted by Crippen LogP contribution is 3.02. The van der Waals surface area contributed by atoms with Crippen LogP contribution in [0.1, 0.15) is 30.9 Å². The lowest BCUT2D eigenvalue weighted by Crippen LogP contribution is -2.55.